The van der Waals surface area contributed by atoms with Crippen molar-refractivity contribution in [2.45, 2.75) is 13.8 Å². The number of carbonyl (C=O) groups is 2. The third-order valence-corrected chi connectivity index (χ3v) is 3.63. The number of benzene rings is 2. The molecule has 5 heteroatoms. The first-order chi connectivity index (χ1) is 11.5. The van der Waals surface area contributed by atoms with Gasteiger partial charge in [0.25, 0.3) is 0 Å². The van der Waals surface area contributed by atoms with Gasteiger partial charge in [0.2, 0.25) is 11.8 Å². The molecule has 2 amide bonds. The number of para-hydroxylation sites is 2. The van der Waals surface area contributed by atoms with Crippen molar-refractivity contribution < 1.29 is 9.59 Å². The van der Waals surface area contributed by atoms with E-state index in [-0.39, 0.29) is 24.9 Å². The number of hydrogen-bond donors (Lipinski definition) is 2. The van der Waals surface area contributed by atoms with E-state index in [1.54, 1.807) is 11.9 Å². The number of carbonyl (C=O) groups excluding carboxylic acids is 2. The Bertz CT molecular complexity index is 694. The zero-order chi connectivity index (χ0) is 17.5. The van der Waals surface area contributed by atoms with Gasteiger partial charge in [0, 0.05) is 11.4 Å². The summed E-state index contributed by atoms with van der Waals surface area (Å²) in [4.78, 5) is 25.9. The lowest BCUT2D eigenvalue weighted by atomic mass is 10.1. The molecule has 2 rings (SSSR count). The van der Waals surface area contributed by atoms with Gasteiger partial charge in [-0.2, -0.15) is 0 Å². The van der Waals surface area contributed by atoms with Crippen LogP contribution in [0.1, 0.15) is 11.1 Å². The molecule has 0 atom stereocenters. The van der Waals surface area contributed by atoms with Gasteiger partial charge < -0.3 is 10.6 Å². The summed E-state index contributed by atoms with van der Waals surface area (Å²) in [5, 5.41) is 5.72. The molecule has 0 fully saturated rings. The van der Waals surface area contributed by atoms with Crippen LogP contribution in [0, 0.1) is 13.8 Å². The highest BCUT2D eigenvalue weighted by atomic mass is 16.2. The smallest absolute Gasteiger partial charge is 0.238 e. The van der Waals surface area contributed by atoms with E-state index in [4.69, 9.17) is 0 Å². The Labute approximate surface area is 142 Å². The molecule has 2 N–H and O–H groups in total. The number of likely N-dealkylation sites (N-methyl/N-ethyl adjacent to an activating group) is 1. The fourth-order valence-electron chi connectivity index (χ4n) is 2.46. The van der Waals surface area contributed by atoms with Gasteiger partial charge in [0.15, 0.2) is 0 Å². The fourth-order valence-corrected chi connectivity index (χ4v) is 2.46. The number of nitrogens with zero attached hydrogens (tertiary/aromatic N) is 1. The minimum atomic E-state index is -0.149. The van der Waals surface area contributed by atoms with Crippen LogP contribution in [-0.2, 0) is 9.59 Å². The van der Waals surface area contributed by atoms with Crippen LogP contribution in [-0.4, -0.2) is 36.9 Å². The van der Waals surface area contributed by atoms with Crippen molar-refractivity contribution in [1.29, 1.82) is 0 Å². The van der Waals surface area contributed by atoms with E-state index >= 15 is 0 Å². The molecule has 126 valence electrons. The van der Waals surface area contributed by atoms with Crippen LogP contribution in [0.15, 0.2) is 48.5 Å². The average molecular weight is 325 g/mol. The number of anilines is 2. The van der Waals surface area contributed by atoms with Crippen LogP contribution in [0.5, 0.6) is 0 Å². The second kappa shape index (κ2) is 8.26. The molecule has 0 saturated heterocycles. The maximum absolute atomic E-state index is 12.2. The van der Waals surface area contributed by atoms with Gasteiger partial charge in [-0.25, -0.2) is 0 Å². The Morgan fingerprint density at radius 1 is 0.833 bits per heavy atom. The first-order valence-corrected chi connectivity index (χ1v) is 7.85. The number of hydrogen-bond acceptors (Lipinski definition) is 3. The number of aryl methyl sites for hydroxylation is 2. The summed E-state index contributed by atoms with van der Waals surface area (Å²) in [6, 6.07) is 15.1. The molecule has 24 heavy (non-hydrogen) atoms. The molecule has 0 aliphatic heterocycles. The molecule has 0 aromatic heterocycles. The number of amides is 2. The second-order valence-corrected chi connectivity index (χ2v) is 5.90. The molecule has 2 aromatic rings. The summed E-state index contributed by atoms with van der Waals surface area (Å²) in [6.07, 6.45) is 0. The topological polar surface area (TPSA) is 61.4 Å². The van der Waals surface area contributed by atoms with E-state index in [0.717, 1.165) is 22.5 Å². The molecule has 0 bridgehead atoms. The normalized spacial score (nSPS) is 10.5. The third kappa shape index (κ3) is 5.21. The maximum atomic E-state index is 12.2. The predicted molar refractivity (Wildman–Crippen MR) is 97.1 cm³/mol. The molecular formula is C19H23N3O2. The van der Waals surface area contributed by atoms with Crippen LogP contribution in [0.2, 0.25) is 0 Å². The third-order valence-electron chi connectivity index (χ3n) is 3.63. The summed E-state index contributed by atoms with van der Waals surface area (Å²) in [6.45, 7) is 4.21. The van der Waals surface area contributed by atoms with Gasteiger partial charge in [-0.05, 0) is 44.2 Å². The van der Waals surface area contributed by atoms with Crippen LogP contribution in [0.4, 0.5) is 11.4 Å². The van der Waals surface area contributed by atoms with Crippen molar-refractivity contribution in [3.63, 3.8) is 0 Å². The summed E-state index contributed by atoms with van der Waals surface area (Å²) in [5.41, 5.74) is 3.63. The molecule has 0 radical (unpaired) electrons. The Balaban J connectivity index is 1.84. The molecule has 2 aromatic carbocycles. The summed E-state index contributed by atoms with van der Waals surface area (Å²) >= 11 is 0. The SMILES string of the molecule is Cc1cccc(C)c1NC(=O)CN(C)CC(=O)Nc1ccccc1. The van der Waals surface area contributed by atoms with Gasteiger partial charge in [-0.1, -0.05) is 36.4 Å². The molecule has 0 spiro atoms. The summed E-state index contributed by atoms with van der Waals surface area (Å²) < 4.78 is 0. The van der Waals surface area contributed by atoms with Crippen molar-refractivity contribution >= 4 is 23.2 Å². The largest absolute Gasteiger partial charge is 0.325 e. The predicted octanol–water partition coefficient (Wildman–Crippen LogP) is 2.81. The number of nitrogens with one attached hydrogen (secondary N) is 2. The van der Waals surface area contributed by atoms with Crippen LogP contribution in [0.25, 0.3) is 0 Å². The lowest BCUT2D eigenvalue weighted by Crippen LogP contribution is -2.36. The average Bonchev–Trinajstić information content (AvgIpc) is 2.51. The minimum Gasteiger partial charge on any atom is -0.325 e. The second-order valence-electron chi connectivity index (χ2n) is 5.90. The van der Waals surface area contributed by atoms with E-state index < -0.39 is 0 Å². The standard InChI is InChI=1S/C19H23N3O2/c1-14-8-7-9-15(2)19(14)21-18(24)13-22(3)12-17(23)20-16-10-5-4-6-11-16/h4-11H,12-13H2,1-3H3,(H,20,23)(H,21,24). The molecule has 0 unspecified atom stereocenters. The van der Waals surface area contributed by atoms with Crippen molar-refractivity contribution in [2.75, 3.05) is 30.8 Å². The Morgan fingerprint density at radius 3 is 1.96 bits per heavy atom. The Kier molecular flexibility index (Phi) is 6.09. The summed E-state index contributed by atoms with van der Waals surface area (Å²) in [7, 11) is 1.74. The van der Waals surface area contributed by atoms with Crippen LogP contribution in [0.3, 0.4) is 0 Å². The Hall–Kier alpha value is -2.66. The maximum Gasteiger partial charge on any atom is 0.238 e. The van der Waals surface area contributed by atoms with Crippen LogP contribution >= 0.6 is 0 Å². The van der Waals surface area contributed by atoms with Crippen molar-refractivity contribution in [2.24, 2.45) is 0 Å². The van der Waals surface area contributed by atoms with Crippen molar-refractivity contribution in [3.8, 4) is 0 Å². The first-order valence-electron chi connectivity index (χ1n) is 7.85. The fraction of sp³-hybridized carbons (Fsp3) is 0.263. The zero-order valence-corrected chi connectivity index (χ0v) is 14.3. The zero-order valence-electron chi connectivity index (χ0n) is 14.3. The van der Waals surface area contributed by atoms with Gasteiger partial charge in [0.1, 0.15) is 0 Å². The highest BCUT2D eigenvalue weighted by Gasteiger charge is 2.12. The van der Waals surface area contributed by atoms with E-state index in [1.807, 2.05) is 62.4 Å². The first kappa shape index (κ1) is 17.7. The van der Waals surface area contributed by atoms with E-state index in [0.29, 0.717) is 0 Å². The molecule has 0 saturated carbocycles. The van der Waals surface area contributed by atoms with Gasteiger partial charge in [-0.15, -0.1) is 0 Å². The molecule has 0 aliphatic rings. The monoisotopic (exact) mass is 325 g/mol. The van der Waals surface area contributed by atoms with Crippen molar-refractivity contribution in [3.05, 3.63) is 59.7 Å². The highest BCUT2D eigenvalue weighted by Crippen LogP contribution is 2.19. The van der Waals surface area contributed by atoms with E-state index in [2.05, 4.69) is 10.6 Å². The minimum absolute atomic E-state index is 0.137. The quantitative estimate of drug-likeness (QED) is 0.858. The lowest BCUT2D eigenvalue weighted by molar-refractivity contribution is -0.119. The molecule has 0 aliphatic carbocycles. The van der Waals surface area contributed by atoms with Gasteiger partial charge in [-0.3, -0.25) is 14.5 Å². The van der Waals surface area contributed by atoms with Crippen LogP contribution < -0.4 is 10.6 Å². The van der Waals surface area contributed by atoms with Gasteiger partial charge >= 0.3 is 0 Å². The highest BCUT2D eigenvalue weighted by molar-refractivity contribution is 5.95. The number of rotatable bonds is 6. The van der Waals surface area contributed by atoms with Gasteiger partial charge in [0.05, 0.1) is 13.1 Å². The molecule has 5 nitrogen and oxygen atoms in total. The van der Waals surface area contributed by atoms with Crippen molar-refractivity contribution in [1.82, 2.24) is 4.90 Å². The lowest BCUT2D eigenvalue weighted by Gasteiger charge is -2.17. The Morgan fingerprint density at radius 2 is 1.38 bits per heavy atom. The molecule has 0 heterocycles. The van der Waals surface area contributed by atoms with E-state index in [1.165, 1.54) is 0 Å². The molecular weight excluding hydrogens is 302 g/mol. The van der Waals surface area contributed by atoms with E-state index in [9.17, 15) is 9.59 Å². The summed E-state index contributed by atoms with van der Waals surface area (Å²) in [5.74, 6) is -0.286.